The molecule has 0 aliphatic carbocycles. The van der Waals surface area contributed by atoms with Crippen molar-refractivity contribution in [2.75, 3.05) is 13.2 Å². The number of ether oxygens (including phenoxy) is 2. The normalized spacial score (nSPS) is 12.8. The summed E-state index contributed by atoms with van der Waals surface area (Å²) in [5.74, 6) is 0.0555. The smallest absolute Gasteiger partial charge is 0.333 e. The van der Waals surface area contributed by atoms with Crippen LogP contribution in [0.5, 0.6) is 0 Å². The maximum atomic E-state index is 11.7. The first-order valence-electron chi connectivity index (χ1n) is 11.5. The molecule has 0 aromatic heterocycles. The molecule has 0 aromatic carbocycles. The molecule has 1 N–H and O–H groups in total. The molecule has 170 valence electrons. The molecule has 1 atom stereocenters. The number of allylic oxidation sites excluding steroid dienone is 1. The summed E-state index contributed by atoms with van der Waals surface area (Å²) in [7, 11) is 0. The maximum Gasteiger partial charge on any atom is 0.333 e. The third kappa shape index (κ3) is 18.4. The summed E-state index contributed by atoms with van der Waals surface area (Å²) in [6.45, 7) is 7.65. The molecule has 0 amide bonds. The number of aliphatic hydroxyl groups is 1. The summed E-state index contributed by atoms with van der Waals surface area (Å²) in [6.07, 6.45) is 14.7. The molecule has 0 spiro atoms. The quantitative estimate of drug-likeness (QED) is 0.177. The van der Waals surface area contributed by atoms with Crippen LogP contribution >= 0.6 is 0 Å². The molecule has 0 heterocycles. The molecule has 0 saturated heterocycles. The van der Waals surface area contributed by atoms with Gasteiger partial charge >= 0.3 is 11.9 Å². The summed E-state index contributed by atoms with van der Waals surface area (Å²) in [6, 6.07) is 0. The van der Waals surface area contributed by atoms with Gasteiger partial charge in [-0.15, -0.1) is 0 Å². The second-order valence-electron chi connectivity index (χ2n) is 8.38. The van der Waals surface area contributed by atoms with Crippen LogP contribution in [-0.2, 0) is 19.1 Å². The molecular formula is C24H44O5. The molecule has 0 aliphatic heterocycles. The van der Waals surface area contributed by atoms with Gasteiger partial charge in [-0.1, -0.05) is 84.1 Å². The number of carbonyl (C=O) groups is 2. The molecule has 5 heteroatoms. The molecule has 0 aromatic rings. The van der Waals surface area contributed by atoms with Crippen LogP contribution in [0.2, 0.25) is 0 Å². The van der Waals surface area contributed by atoms with Crippen LogP contribution in [0, 0.1) is 5.92 Å². The van der Waals surface area contributed by atoms with E-state index >= 15 is 0 Å². The molecule has 29 heavy (non-hydrogen) atoms. The highest BCUT2D eigenvalue weighted by atomic mass is 16.6. The van der Waals surface area contributed by atoms with Crippen molar-refractivity contribution in [3.63, 3.8) is 0 Å². The van der Waals surface area contributed by atoms with Crippen molar-refractivity contribution < 1.29 is 24.2 Å². The van der Waals surface area contributed by atoms with E-state index in [0.29, 0.717) is 12.0 Å². The highest BCUT2D eigenvalue weighted by molar-refractivity contribution is 5.87. The largest absolute Gasteiger partial charge is 0.463 e. The van der Waals surface area contributed by atoms with Crippen LogP contribution in [0.4, 0.5) is 0 Å². The summed E-state index contributed by atoms with van der Waals surface area (Å²) in [4.78, 5) is 23.1. The number of rotatable bonds is 18. The van der Waals surface area contributed by atoms with Gasteiger partial charge in [-0.2, -0.15) is 0 Å². The van der Waals surface area contributed by atoms with Crippen LogP contribution in [0.3, 0.4) is 0 Å². The highest BCUT2D eigenvalue weighted by Gasteiger charge is 2.12. The van der Waals surface area contributed by atoms with Crippen molar-refractivity contribution in [3.05, 3.63) is 11.6 Å². The van der Waals surface area contributed by atoms with E-state index in [1.54, 1.807) is 19.9 Å². The molecule has 0 fully saturated rings. The molecular weight excluding hydrogens is 368 g/mol. The van der Waals surface area contributed by atoms with Crippen molar-refractivity contribution in [1.82, 2.24) is 0 Å². The van der Waals surface area contributed by atoms with Gasteiger partial charge in [-0.05, 0) is 26.2 Å². The Morgan fingerprint density at radius 3 is 1.83 bits per heavy atom. The lowest BCUT2D eigenvalue weighted by atomic mass is 10.0. The second-order valence-corrected chi connectivity index (χ2v) is 8.38. The number of hydrogen-bond acceptors (Lipinski definition) is 5. The van der Waals surface area contributed by atoms with Gasteiger partial charge in [0.05, 0.1) is 0 Å². The van der Waals surface area contributed by atoms with E-state index in [1.165, 1.54) is 51.4 Å². The topological polar surface area (TPSA) is 72.8 Å². The second kappa shape index (κ2) is 18.7. The van der Waals surface area contributed by atoms with Crippen molar-refractivity contribution >= 4 is 11.9 Å². The Hall–Kier alpha value is -1.36. The van der Waals surface area contributed by atoms with Crippen molar-refractivity contribution in [2.24, 2.45) is 5.92 Å². The average molecular weight is 413 g/mol. The van der Waals surface area contributed by atoms with Gasteiger partial charge in [0.1, 0.15) is 19.3 Å². The predicted octanol–water partition coefficient (Wildman–Crippen LogP) is 5.74. The Morgan fingerprint density at radius 1 is 0.828 bits per heavy atom. The Labute approximate surface area is 178 Å². The van der Waals surface area contributed by atoms with Gasteiger partial charge in [0.2, 0.25) is 0 Å². The van der Waals surface area contributed by atoms with E-state index in [4.69, 9.17) is 9.47 Å². The first kappa shape index (κ1) is 27.6. The number of esters is 2. The molecule has 0 bridgehead atoms. The van der Waals surface area contributed by atoms with Crippen LogP contribution in [0.25, 0.3) is 0 Å². The zero-order valence-corrected chi connectivity index (χ0v) is 19.2. The van der Waals surface area contributed by atoms with Crippen molar-refractivity contribution in [3.8, 4) is 0 Å². The van der Waals surface area contributed by atoms with E-state index in [9.17, 15) is 14.7 Å². The monoisotopic (exact) mass is 412 g/mol. The molecule has 5 nitrogen and oxygen atoms in total. The lowest BCUT2D eigenvalue weighted by Crippen LogP contribution is -2.25. The minimum absolute atomic E-state index is 0.141. The lowest BCUT2D eigenvalue weighted by Gasteiger charge is -2.12. The van der Waals surface area contributed by atoms with Crippen molar-refractivity contribution in [2.45, 2.75) is 111 Å². The highest BCUT2D eigenvalue weighted by Crippen LogP contribution is 2.14. The summed E-state index contributed by atoms with van der Waals surface area (Å²) >= 11 is 0. The minimum atomic E-state index is -0.988. The molecule has 0 saturated carbocycles. The van der Waals surface area contributed by atoms with Crippen LogP contribution < -0.4 is 0 Å². The lowest BCUT2D eigenvalue weighted by molar-refractivity contribution is -0.150. The first-order valence-corrected chi connectivity index (χ1v) is 11.5. The third-order valence-electron chi connectivity index (χ3n) is 5.01. The van der Waals surface area contributed by atoms with E-state index in [-0.39, 0.29) is 19.2 Å². The zero-order chi connectivity index (χ0) is 21.9. The number of aliphatic hydroxyl groups excluding tert-OH is 1. The fraction of sp³-hybridized carbons (Fsp3) is 0.833. The minimum Gasteiger partial charge on any atom is -0.463 e. The molecule has 0 aliphatic rings. The maximum absolute atomic E-state index is 11.7. The van der Waals surface area contributed by atoms with Gasteiger partial charge in [0, 0.05) is 12.0 Å². The number of hydrogen-bond donors (Lipinski definition) is 1. The molecule has 1 unspecified atom stereocenters. The Kier molecular flexibility index (Phi) is 17.8. The summed E-state index contributed by atoms with van der Waals surface area (Å²) in [5, 5.41) is 9.71. The van der Waals surface area contributed by atoms with E-state index in [2.05, 4.69) is 13.8 Å². The van der Waals surface area contributed by atoms with Gasteiger partial charge in [-0.25, -0.2) is 4.79 Å². The van der Waals surface area contributed by atoms with Gasteiger partial charge in [0.25, 0.3) is 0 Å². The number of carbonyl (C=O) groups excluding carboxylic acids is 2. The van der Waals surface area contributed by atoms with Crippen molar-refractivity contribution in [1.29, 1.82) is 0 Å². The fourth-order valence-electron chi connectivity index (χ4n) is 2.95. The first-order chi connectivity index (χ1) is 13.9. The third-order valence-corrected chi connectivity index (χ3v) is 5.01. The Morgan fingerprint density at radius 2 is 1.31 bits per heavy atom. The fourth-order valence-corrected chi connectivity index (χ4v) is 2.95. The predicted molar refractivity (Wildman–Crippen MR) is 118 cm³/mol. The van der Waals surface area contributed by atoms with Gasteiger partial charge in [-0.3, -0.25) is 4.79 Å². The van der Waals surface area contributed by atoms with E-state index in [0.717, 1.165) is 25.2 Å². The van der Waals surface area contributed by atoms with Crippen LogP contribution in [0.1, 0.15) is 105 Å². The van der Waals surface area contributed by atoms with Crippen LogP contribution in [-0.4, -0.2) is 36.4 Å². The average Bonchev–Trinajstić information content (AvgIpc) is 2.70. The molecule has 0 radical (unpaired) electrons. The van der Waals surface area contributed by atoms with E-state index in [1.807, 2.05) is 0 Å². The zero-order valence-electron chi connectivity index (χ0n) is 19.2. The Bertz CT molecular complexity index is 456. The summed E-state index contributed by atoms with van der Waals surface area (Å²) < 4.78 is 9.96. The summed E-state index contributed by atoms with van der Waals surface area (Å²) in [5.41, 5.74) is 0.482. The van der Waals surface area contributed by atoms with Crippen LogP contribution in [0.15, 0.2) is 11.6 Å². The Balaban J connectivity index is 3.44. The van der Waals surface area contributed by atoms with Gasteiger partial charge < -0.3 is 14.6 Å². The molecule has 0 rings (SSSR count). The van der Waals surface area contributed by atoms with Gasteiger partial charge in [0.15, 0.2) is 0 Å². The standard InChI is InChI=1S/C24H44O5/c1-5-21(4)24(27)29-19-22(25)18-28-23(26)17-15-13-11-9-7-6-8-10-12-14-16-20(2)3/h5,20,22,25H,6-19H2,1-4H3/b21-5+. The van der Waals surface area contributed by atoms with E-state index < -0.39 is 12.1 Å². The number of unbranched alkanes of at least 4 members (excludes halogenated alkanes) is 9. The SMILES string of the molecule is C/C=C(\C)C(=O)OCC(O)COC(=O)CCCCCCCCCCCCC(C)C.